The third-order valence-corrected chi connectivity index (χ3v) is 3.27. The highest BCUT2D eigenvalue weighted by atomic mass is 19.1. The van der Waals surface area contributed by atoms with Crippen molar-refractivity contribution in [2.75, 3.05) is 18.0 Å². The van der Waals surface area contributed by atoms with Crippen LogP contribution in [0.3, 0.4) is 0 Å². The summed E-state index contributed by atoms with van der Waals surface area (Å²) in [6.07, 6.45) is 3.89. The Balaban J connectivity index is 2.12. The van der Waals surface area contributed by atoms with E-state index in [4.69, 9.17) is 0 Å². The summed E-state index contributed by atoms with van der Waals surface area (Å²) in [4.78, 5) is 2.39. The maximum Gasteiger partial charge on any atom is 0.130 e. The lowest BCUT2D eigenvalue weighted by molar-refractivity contribution is 0.221. The topological polar surface area (TPSA) is 3.24 Å². The summed E-state index contributed by atoms with van der Waals surface area (Å²) in [5.74, 6) is 0. The van der Waals surface area contributed by atoms with Crippen molar-refractivity contribution in [2.45, 2.75) is 38.8 Å². The summed E-state index contributed by atoms with van der Waals surface area (Å²) in [5.41, 5.74) is 0.751. The molecule has 1 saturated heterocycles. The minimum absolute atomic E-state index is 0.758. The van der Waals surface area contributed by atoms with Crippen molar-refractivity contribution in [3.8, 4) is 0 Å². The normalized spacial score (nSPS) is 17.6. The molecule has 0 aliphatic carbocycles. The molecule has 1 heterocycles. The van der Waals surface area contributed by atoms with Crippen molar-refractivity contribution >= 4 is 5.69 Å². The molecule has 0 bridgehead atoms. The van der Waals surface area contributed by atoms with Gasteiger partial charge in [-0.25, -0.2) is 4.39 Å². The van der Waals surface area contributed by atoms with E-state index >= 15 is 0 Å². The van der Waals surface area contributed by atoms with Gasteiger partial charge in [0.05, 0.1) is 0 Å². The predicted molar refractivity (Wildman–Crippen MR) is 66.6 cm³/mol. The Morgan fingerprint density at radius 2 is 1.56 bits per heavy atom. The number of hydrogen-bond acceptors (Lipinski definition) is 1. The van der Waals surface area contributed by atoms with E-state index in [9.17, 15) is 4.39 Å². The highest BCUT2D eigenvalue weighted by Crippen LogP contribution is 2.27. The van der Waals surface area contributed by atoms with Gasteiger partial charge >= 0.3 is 0 Å². The van der Waals surface area contributed by atoms with Crippen LogP contribution in [0.1, 0.15) is 38.7 Å². The molecule has 0 amide bonds. The fourth-order valence-corrected chi connectivity index (χ4v) is 2.22. The molecule has 1 aliphatic heterocycles. The first-order chi connectivity index (χ1) is 7.57. The summed E-state index contributed by atoms with van der Waals surface area (Å²) >= 11 is 0. The Hall–Kier alpha value is -1.05. The molecule has 0 radical (unpaired) electrons. The fraction of sp³-hybridized carbons (Fsp3) is 0.571. The molecule has 0 unspecified atom stereocenters. The summed E-state index contributed by atoms with van der Waals surface area (Å²) in [7, 11) is 0. The fourth-order valence-electron chi connectivity index (χ4n) is 2.22. The lowest BCUT2D eigenvalue weighted by Crippen LogP contribution is -2.29. The van der Waals surface area contributed by atoms with Gasteiger partial charge in [-0.05, 0) is 50.8 Å². The minimum atomic E-state index is -1.24. The highest BCUT2D eigenvalue weighted by molar-refractivity contribution is 5.48. The minimum Gasteiger partial charge on any atom is -0.372 e. The summed E-state index contributed by atoms with van der Waals surface area (Å²) in [5, 5.41) is 0. The molecule has 0 N–H and O–H groups in total. The molecule has 2 rings (SSSR count). The van der Waals surface area contributed by atoms with Crippen LogP contribution in [0.5, 0.6) is 0 Å². The molecule has 1 aromatic carbocycles. The molecular formula is C14H20FN. The van der Waals surface area contributed by atoms with E-state index in [-0.39, 0.29) is 0 Å². The molecule has 2 heteroatoms. The van der Waals surface area contributed by atoms with Gasteiger partial charge in [0.15, 0.2) is 0 Å². The van der Waals surface area contributed by atoms with Gasteiger partial charge in [0, 0.05) is 18.8 Å². The van der Waals surface area contributed by atoms with Crippen LogP contribution in [0.15, 0.2) is 24.3 Å². The largest absolute Gasteiger partial charge is 0.372 e. The van der Waals surface area contributed by atoms with Crippen molar-refractivity contribution in [2.24, 2.45) is 0 Å². The van der Waals surface area contributed by atoms with Gasteiger partial charge in [0.2, 0.25) is 0 Å². The number of benzene rings is 1. The molecule has 88 valence electrons. The molecule has 16 heavy (non-hydrogen) atoms. The maximum absolute atomic E-state index is 13.7. The van der Waals surface area contributed by atoms with E-state index in [1.54, 1.807) is 13.8 Å². The van der Waals surface area contributed by atoms with E-state index in [1.165, 1.54) is 24.9 Å². The van der Waals surface area contributed by atoms with Gasteiger partial charge in [-0.15, -0.1) is 0 Å². The number of nitrogens with zero attached hydrogens (tertiary/aromatic N) is 1. The summed E-state index contributed by atoms with van der Waals surface area (Å²) in [6.45, 7) is 5.47. The van der Waals surface area contributed by atoms with Gasteiger partial charge in [0.25, 0.3) is 0 Å². The Morgan fingerprint density at radius 3 is 2.06 bits per heavy atom. The first-order valence-corrected chi connectivity index (χ1v) is 6.12. The molecule has 0 saturated carbocycles. The van der Waals surface area contributed by atoms with E-state index in [2.05, 4.69) is 4.90 Å². The van der Waals surface area contributed by atoms with Crippen molar-refractivity contribution in [3.63, 3.8) is 0 Å². The lowest BCUT2D eigenvalue weighted by Gasteiger charge is -2.29. The Morgan fingerprint density at radius 1 is 1.00 bits per heavy atom. The lowest BCUT2D eigenvalue weighted by atomic mass is 9.99. The van der Waals surface area contributed by atoms with E-state index in [1.807, 2.05) is 24.3 Å². The van der Waals surface area contributed by atoms with Crippen LogP contribution in [0, 0.1) is 0 Å². The third-order valence-electron chi connectivity index (χ3n) is 3.27. The molecule has 0 spiro atoms. The smallest absolute Gasteiger partial charge is 0.130 e. The zero-order valence-electron chi connectivity index (χ0n) is 10.2. The van der Waals surface area contributed by atoms with Gasteiger partial charge in [0.1, 0.15) is 5.67 Å². The zero-order valence-corrected chi connectivity index (χ0v) is 10.2. The van der Waals surface area contributed by atoms with Crippen LogP contribution in [0.4, 0.5) is 10.1 Å². The Bertz CT molecular complexity index is 331. The van der Waals surface area contributed by atoms with Crippen molar-refractivity contribution in [1.29, 1.82) is 0 Å². The summed E-state index contributed by atoms with van der Waals surface area (Å²) in [6, 6.07) is 7.90. The highest BCUT2D eigenvalue weighted by Gasteiger charge is 2.19. The Kier molecular flexibility index (Phi) is 3.17. The van der Waals surface area contributed by atoms with Gasteiger partial charge in [-0.3, -0.25) is 0 Å². The second-order valence-electron chi connectivity index (χ2n) is 5.07. The van der Waals surface area contributed by atoms with Crippen LogP contribution in [0.2, 0.25) is 0 Å². The number of hydrogen-bond donors (Lipinski definition) is 0. The van der Waals surface area contributed by atoms with Gasteiger partial charge in [-0.2, -0.15) is 0 Å². The monoisotopic (exact) mass is 221 g/mol. The number of piperidine rings is 1. The van der Waals surface area contributed by atoms with Crippen LogP contribution in [-0.4, -0.2) is 13.1 Å². The predicted octanol–water partition coefficient (Wildman–Crippen LogP) is 3.88. The molecule has 1 aliphatic rings. The second-order valence-corrected chi connectivity index (χ2v) is 5.07. The SMILES string of the molecule is CC(C)(F)c1ccc(N2CCCCC2)cc1. The van der Waals surface area contributed by atoms with E-state index in [0.29, 0.717) is 0 Å². The van der Waals surface area contributed by atoms with Crippen LogP contribution in [-0.2, 0) is 5.67 Å². The molecule has 0 atom stereocenters. The first-order valence-electron chi connectivity index (χ1n) is 6.12. The third kappa shape index (κ3) is 2.55. The maximum atomic E-state index is 13.7. The van der Waals surface area contributed by atoms with Crippen LogP contribution < -0.4 is 4.90 Å². The van der Waals surface area contributed by atoms with E-state index in [0.717, 1.165) is 18.7 Å². The van der Waals surface area contributed by atoms with Crippen LogP contribution >= 0.6 is 0 Å². The molecule has 1 fully saturated rings. The molecular weight excluding hydrogens is 201 g/mol. The standard InChI is InChI=1S/C14H20FN/c1-14(2,15)12-6-8-13(9-7-12)16-10-4-3-5-11-16/h6-9H,3-5,10-11H2,1-2H3. The number of halogens is 1. The first kappa shape index (κ1) is 11.4. The quantitative estimate of drug-likeness (QED) is 0.732. The van der Waals surface area contributed by atoms with Crippen molar-refractivity contribution in [3.05, 3.63) is 29.8 Å². The number of rotatable bonds is 2. The Labute approximate surface area is 97.3 Å². The number of anilines is 1. The molecule has 1 aromatic rings. The van der Waals surface area contributed by atoms with Crippen molar-refractivity contribution in [1.82, 2.24) is 0 Å². The van der Waals surface area contributed by atoms with Crippen molar-refractivity contribution < 1.29 is 4.39 Å². The average Bonchev–Trinajstić information content (AvgIpc) is 2.29. The second kappa shape index (κ2) is 4.44. The summed E-state index contributed by atoms with van der Waals surface area (Å²) < 4.78 is 13.7. The molecule has 1 nitrogen and oxygen atoms in total. The van der Waals surface area contributed by atoms with Gasteiger partial charge in [-0.1, -0.05) is 12.1 Å². The number of alkyl halides is 1. The van der Waals surface area contributed by atoms with E-state index < -0.39 is 5.67 Å². The van der Waals surface area contributed by atoms with Crippen LogP contribution in [0.25, 0.3) is 0 Å². The van der Waals surface area contributed by atoms with Gasteiger partial charge < -0.3 is 4.90 Å². The average molecular weight is 221 g/mol. The molecule has 0 aromatic heterocycles. The zero-order chi connectivity index (χ0) is 11.6.